The van der Waals surface area contributed by atoms with Crippen LogP contribution in [0, 0.1) is 0 Å². The van der Waals surface area contributed by atoms with Gasteiger partial charge in [0.2, 0.25) is 0 Å². The van der Waals surface area contributed by atoms with E-state index in [1.807, 2.05) is 19.9 Å². The Hall–Kier alpha value is -0.760. The van der Waals surface area contributed by atoms with E-state index in [1.165, 1.54) is 5.57 Å². The second-order valence-corrected chi connectivity index (χ2v) is 2.67. The lowest BCUT2D eigenvalue weighted by Gasteiger charge is -2.06. The molecule has 0 N–H and O–H groups in total. The van der Waals surface area contributed by atoms with Crippen molar-refractivity contribution in [3.8, 4) is 0 Å². The van der Waals surface area contributed by atoms with Gasteiger partial charge in [0, 0.05) is 7.11 Å². The van der Waals surface area contributed by atoms with Crippen LogP contribution in [0.5, 0.6) is 0 Å². The SMILES string of the molecule is COC(C)/C=C1/OCC=C1C. The summed E-state index contributed by atoms with van der Waals surface area (Å²) in [5.74, 6) is 0.958. The van der Waals surface area contributed by atoms with E-state index in [2.05, 4.69) is 6.08 Å². The molecule has 0 aromatic heterocycles. The van der Waals surface area contributed by atoms with E-state index in [0.29, 0.717) is 6.61 Å². The van der Waals surface area contributed by atoms with Gasteiger partial charge in [0.15, 0.2) is 0 Å². The molecule has 1 rings (SSSR count). The molecule has 1 heterocycles. The summed E-state index contributed by atoms with van der Waals surface area (Å²) >= 11 is 0. The molecule has 1 aliphatic rings. The molecular formula is C9H14O2. The van der Waals surface area contributed by atoms with Crippen LogP contribution in [-0.4, -0.2) is 19.8 Å². The molecule has 2 nitrogen and oxygen atoms in total. The minimum Gasteiger partial charge on any atom is -0.489 e. The lowest BCUT2D eigenvalue weighted by molar-refractivity contribution is 0.150. The third-order valence-electron chi connectivity index (χ3n) is 1.77. The Kier molecular flexibility index (Phi) is 2.71. The number of hydrogen-bond donors (Lipinski definition) is 0. The van der Waals surface area contributed by atoms with Crippen LogP contribution in [0.1, 0.15) is 13.8 Å². The minimum absolute atomic E-state index is 0.131. The fourth-order valence-corrected chi connectivity index (χ4v) is 0.932. The normalized spacial score (nSPS) is 23.2. The van der Waals surface area contributed by atoms with E-state index in [4.69, 9.17) is 9.47 Å². The largest absolute Gasteiger partial charge is 0.489 e. The highest BCUT2D eigenvalue weighted by Gasteiger charge is 2.08. The van der Waals surface area contributed by atoms with Gasteiger partial charge < -0.3 is 9.47 Å². The number of ether oxygens (including phenoxy) is 2. The van der Waals surface area contributed by atoms with Gasteiger partial charge in [-0.1, -0.05) is 0 Å². The summed E-state index contributed by atoms with van der Waals surface area (Å²) in [5, 5.41) is 0. The van der Waals surface area contributed by atoms with Gasteiger partial charge in [0.1, 0.15) is 12.4 Å². The van der Waals surface area contributed by atoms with Crippen LogP contribution >= 0.6 is 0 Å². The second-order valence-electron chi connectivity index (χ2n) is 2.67. The fourth-order valence-electron chi connectivity index (χ4n) is 0.932. The molecule has 0 aromatic rings. The van der Waals surface area contributed by atoms with Crippen LogP contribution in [0.25, 0.3) is 0 Å². The first-order chi connectivity index (χ1) is 5.24. The summed E-state index contributed by atoms with van der Waals surface area (Å²) < 4.78 is 10.4. The lowest BCUT2D eigenvalue weighted by Crippen LogP contribution is -2.01. The summed E-state index contributed by atoms with van der Waals surface area (Å²) in [4.78, 5) is 0. The van der Waals surface area contributed by atoms with Crippen molar-refractivity contribution in [2.75, 3.05) is 13.7 Å². The molecule has 1 aliphatic heterocycles. The van der Waals surface area contributed by atoms with Crippen molar-refractivity contribution >= 4 is 0 Å². The molecule has 1 unspecified atom stereocenters. The van der Waals surface area contributed by atoms with Crippen LogP contribution in [-0.2, 0) is 9.47 Å². The van der Waals surface area contributed by atoms with Gasteiger partial charge in [0.05, 0.1) is 6.10 Å². The van der Waals surface area contributed by atoms with Gasteiger partial charge in [-0.25, -0.2) is 0 Å². The highest BCUT2D eigenvalue weighted by molar-refractivity contribution is 5.28. The van der Waals surface area contributed by atoms with Crippen molar-refractivity contribution < 1.29 is 9.47 Å². The van der Waals surface area contributed by atoms with Crippen molar-refractivity contribution in [1.82, 2.24) is 0 Å². The smallest absolute Gasteiger partial charge is 0.121 e. The van der Waals surface area contributed by atoms with E-state index < -0.39 is 0 Å². The maximum atomic E-state index is 5.33. The Labute approximate surface area is 67.5 Å². The molecule has 0 bridgehead atoms. The third kappa shape index (κ3) is 2.09. The van der Waals surface area contributed by atoms with Gasteiger partial charge in [-0.15, -0.1) is 0 Å². The monoisotopic (exact) mass is 154 g/mol. The Bertz CT molecular complexity index is 192. The highest BCUT2D eigenvalue weighted by Crippen LogP contribution is 2.18. The van der Waals surface area contributed by atoms with E-state index >= 15 is 0 Å². The van der Waals surface area contributed by atoms with Crippen molar-refractivity contribution in [3.05, 3.63) is 23.5 Å². The zero-order valence-corrected chi connectivity index (χ0v) is 7.26. The van der Waals surface area contributed by atoms with Gasteiger partial charge >= 0.3 is 0 Å². The highest BCUT2D eigenvalue weighted by atomic mass is 16.5. The average molecular weight is 154 g/mol. The fraction of sp³-hybridized carbons (Fsp3) is 0.556. The van der Waals surface area contributed by atoms with Gasteiger partial charge in [-0.2, -0.15) is 0 Å². The molecule has 2 heteroatoms. The standard InChI is InChI=1S/C9H14O2/c1-7-4-5-11-9(7)6-8(2)10-3/h4,6,8H,5H2,1-3H3/b9-6+. The molecule has 0 spiro atoms. The molecule has 0 aromatic carbocycles. The van der Waals surface area contributed by atoms with Crippen LogP contribution in [0.4, 0.5) is 0 Å². The number of rotatable bonds is 2. The van der Waals surface area contributed by atoms with Crippen LogP contribution in [0.15, 0.2) is 23.5 Å². The summed E-state index contributed by atoms with van der Waals surface area (Å²) in [6.07, 6.45) is 4.18. The number of methoxy groups -OCH3 is 1. The first-order valence-corrected chi connectivity index (χ1v) is 3.78. The molecular weight excluding hydrogens is 140 g/mol. The minimum atomic E-state index is 0.131. The van der Waals surface area contributed by atoms with Gasteiger partial charge in [-0.3, -0.25) is 0 Å². The number of allylic oxidation sites excluding steroid dienone is 1. The summed E-state index contributed by atoms with van der Waals surface area (Å²) in [6, 6.07) is 0. The predicted molar refractivity (Wildman–Crippen MR) is 44.3 cm³/mol. The Morgan fingerprint density at radius 1 is 1.73 bits per heavy atom. The van der Waals surface area contributed by atoms with Crippen LogP contribution < -0.4 is 0 Å². The predicted octanol–water partition coefficient (Wildman–Crippen LogP) is 1.88. The Morgan fingerprint density at radius 3 is 2.91 bits per heavy atom. The summed E-state index contributed by atoms with van der Waals surface area (Å²) in [6.45, 7) is 4.73. The van der Waals surface area contributed by atoms with Crippen molar-refractivity contribution in [2.24, 2.45) is 0 Å². The Balaban J connectivity index is 2.59. The van der Waals surface area contributed by atoms with Crippen LogP contribution in [0.2, 0.25) is 0 Å². The van der Waals surface area contributed by atoms with Gasteiger partial charge in [-0.05, 0) is 31.6 Å². The zero-order valence-electron chi connectivity index (χ0n) is 7.26. The summed E-state index contributed by atoms with van der Waals surface area (Å²) in [5.41, 5.74) is 1.20. The molecule has 0 aliphatic carbocycles. The molecule has 1 atom stereocenters. The lowest BCUT2D eigenvalue weighted by atomic mass is 10.2. The molecule has 0 saturated heterocycles. The molecule has 62 valence electrons. The average Bonchev–Trinajstić information content (AvgIpc) is 2.37. The number of hydrogen-bond acceptors (Lipinski definition) is 2. The van der Waals surface area contributed by atoms with E-state index in [-0.39, 0.29) is 6.10 Å². The van der Waals surface area contributed by atoms with Crippen LogP contribution in [0.3, 0.4) is 0 Å². The molecule has 0 amide bonds. The van der Waals surface area contributed by atoms with Gasteiger partial charge in [0.25, 0.3) is 0 Å². The third-order valence-corrected chi connectivity index (χ3v) is 1.77. The first kappa shape index (κ1) is 8.34. The van der Waals surface area contributed by atoms with E-state index in [1.54, 1.807) is 7.11 Å². The molecule has 11 heavy (non-hydrogen) atoms. The maximum Gasteiger partial charge on any atom is 0.121 e. The summed E-state index contributed by atoms with van der Waals surface area (Å²) in [7, 11) is 1.69. The molecule has 0 fully saturated rings. The quantitative estimate of drug-likeness (QED) is 0.604. The first-order valence-electron chi connectivity index (χ1n) is 3.78. The molecule has 0 saturated carbocycles. The molecule has 0 radical (unpaired) electrons. The maximum absolute atomic E-state index is 5.33. The van der Waals surface area contributed by atoms with Crippen molar-refractivity contribution in [2.45, 2.75) is 20.0 Å². The van der Waals surface area contributed by atoms with Crippen molar-refractivity contribution in [1.29, 1.82) is 0 Å². The topological polar surface area (TPSA) is 18.5 Å². The second kappa shape index (κ2) is 3.58. The van der Waals surface area contributed by atoms with E-state index in [0.717, 1.165) is 5.76 Å². The van der Waals surface area contributed by atoms with Crippen molar-refractivity contribution in [3.63, 3.8) is 0 Å². The zero-order chi connectivity index (χ0) is 8.27. The van der Waals surface area contributed by atoms with E-state index in [9.17, 15) is 0 Å². The Morgan fingerprint density at radius 2 is 2.45 bits per heavy atom.